The molecular weight excluding hydrogens is 318 g/mol. The number of carbonyl (C=O) groups is 2. The highest BCUT2D eigenvalue weighted by molar-refractivity contribution is 5.89. The van der Waals surface area contributed by atoms with Crippen LogP contribution in [0.3, 0.4) is 0 Å². The van der Waals surface area contributed by atoms with Crippen molar-refractivity contribution in [1.82, 2.24) is 25.0 Å². The third kappa shape index (κ3) is 4.43. The number of aromatic nitrogens is 3. The van der Waals surface area contributed by atoms with Crippen LogP contribution in [0.2, 0.25) is 0 Å². The second-order valence-electron chi connectivity index (χ2n) is 6.36. The summed E-state index contributed by atoms with van der Waals surface area (Å²) >= 11 is 0. The highest BCUT2D eigenvalue weighted by Gasteiger charge is 2.34. The molecule has 0 bridgehead atoms. The lowest BCUT2D eigenvalue weighted by molar-refractivity contribution is -0.129. The van der Waals surface area contributed by atoms with Gasteiger partial charge in [-0.05, 0) is 24.1 Å². The van der Waals surface area contributed by atoms with Crippen LogP contribution >= 0.6 is 0 Å². The lowest BCUT2D eigenvalue weighted by Gasteiger charge is -2.16. The zero-order valence-electron chi connectivity index (χ0n) is 14.4. The van der Waals surface area contributed by atoms with Gasteiger partial charge in [-0.2, -0.15) is 5.10 Å². The van der Waals surface area contributed by atoms with E-state index in [0.717, 1.165) is 24.1 Å². The molecule has 2 aromatic rings. The zero-order valence-corrected chi connectivity index (χ0v) is 14.4. The number of nitrogens with one attached hydrogen (secondary N) is 1. The van der Waals surface area contributed by atoms with Crippen molar-refractivity contribution in [2.75, 3.05) is 6.54 Å². The number of hydrogen-bond donors (Lipinski definition) is 1. The first-order chi connectivity index (χ1) is 12.2. The molecule has 7 heteroatoms. The molecule has 0 saturated carbocycles. The van der Waals surface area contributed by atoms with Crippen molar-refractivity contribution >= 4 is 11.8 Å². The molecule has 0 aromatic carbocycles. The van der Waals surface area contributed by atoms with E-state index < -0.39 is 0 Å². The van der Waals surface area contributed by atoms with Gasteiger partial charge in [-0.15, -0.1) is 0 Å². The molecule has 7 nitrogen and oxygen atoms in total. The van der Waals surface area contributed by atoms with Crippen molar-refractivity contribution in [2.24, 2.45) is 5.92 Å². The van der Waals surface area contributed by atoms with Crippen molar-refractivity contribution in [3.63, 3.8) is 0 Å². The van der Waals surface area contributed by atoms with Crippen molar-refractivity contribution in [3.05, 3.63) is 48.0 Å². The molecule has 1 atom stereocenters. The van der Waals surface area contributed by atoms with E-state index in [1.165, 1.54) is 0 Å². The van der Waals surface area contributed by atoms with Gasteiger partial charge in [0.25, 0.3) is 0 Å². The minimum absolute atomic E-state index is 0.0210. The first-order valence-electron chi connectivity index (χ1n) is 8.61. The number of hydrogen-bond acceptors (Lipinski definition) is 4. The Morgan fingerprint density at radius 2 is 2.12 bits per heavy atom. The van der Waals surface area contributed by atoms with Gasteiger partial charge in [-0.25, -0.2) is 0 Å². The molecule has 1 aliphatic rings. The van der Waals surface area contributed by atoms with Crippen molar-refractivity contribution < 1.29 is 9.59 Å². The Bertz CT molecular complexity index is 728. The van der Waals surface area contributed by atoms with E-state index in [4.69, 9.17) is 0 Å². The number of rotatable bonds is 7. The third-order valence-corrected chi connectivity index (χ3v) is 4.31. The Balaban J connectivity index is 1.50. The van der Waals surface area contributed by atoms with Crippen LogP contribution in [0.4, 0.5) is 0 Å². The minimum Gasteiger partial charge on any atom is -0.352 e. The molecule has 0 aliphatic carbocycles. The van der Waals surface area contributed by atoms with Gasteiger partial charge < -0.3 is 10.2 Å². The maximum Gasteiger partial charge on any atom is 0.225 e. The maximum absolute atomic E-state index is 12.4. The quantitative estimate of drug-likeness (QED) is 0.824. The van der Waals surface area contributed by atoms with E-state index in [2.05, 4.69) is 22.3 Å². The second-order valence-corrected chi connectivity index (χ2v) is 6.36. The standard InChI is InChI=1S/C18H23N5O2/c1-2-7-23-12-15(10-21-23)9-20-18(25)16-8-17(24)22(13-16)11-14-3-5-19-6-4-14/h3-6,10,12,16H,2,7-9,11,13H2,1H3,(H,20,25)/t16-/m0/s1. The number of amides is 2. The lowest BCUT2D eigenvalue weighted by Crippen LogP contribution is -2.32. The lowest BCUT2D eigenvalue weighted by atomic mass is 10.1. The van der Waals surface area contributed by atoms with Crippen molar-refractivity contribution in [3.8, 4) is 0 Å². The minimum atomic E-state index is -0.292. The zero-order chi connectivity index (χ0) is 17.6. The average Bonchev–Trinajstić information content (AvgIpc) is 3.21. The average molecular weight is 341 g/mol. The molecule has 25 heavy (non-hydrogen) atoms. The van der Waals surface area contributed by atoms with Gasteiger partial charge in [-0.3, -0.25) is 19.3 Å². The molecule has 3 heterocycles. The van der Waals surface area contributed by atoms with Crippen LogP contribution < -0.4 is 5.32 Å². The predicted molar refractivity (Wildman–Crippen MR) is 92.1 cm³/mol. The summed E-state index contributed by atoms with van der Waals surface area (Å²) in [5, 5.41) is 7.17. The highest BCUT2D eigenvalue weighted by Crippen LogP contribution is 2.20. The molecular formula is C18H23N5O2. The van der Waals surface area contributed by atoms with Gasteiger partial charge in [0.15, 0.2) is 0 Å². The Hall–Kier alpha value is -2.70. The number of carbonyl (C=O) groups excluding carboxylic acids is 2. The summed E-state index contributed by atoms with van der Waals surface area (Å²) in [6, 6.07) is 3.77. The van der Waals surface area contributed by atoms with Gasteiger partial charge >= 0.3 is 0 Å². The molecule has 0 unspecified atom stereocenters. The SMILES string of the molecule is CCCn1cc(CNC(=O)[C@H]2CC(=O)N(Cc3ccncc3)C2)cn1. The summed E-state index contributed by atoms with van der Waals surface area (Å²) in [4.78, 5) is 30.2. The molecule has 2 amide bonds. The molecule has 1 fully saturated rings. The topological polar surface area (TPSA) is 80.1 Å². The van der Waals surface area contributed by atoms with Crippen LogP contribution in [0, 0.1) is 5.92 Å². The van der Waals surface area contributed by atoms with Gasteiger partial charge in [0.2, 0.25) is 11.8 Å². The second kappa shape index (κ2) is 7.92. The van der Waals surface area contributed by atoms with E-state index >= 15 is 0 Å². The molecule has 3 rings (SSSR count). The number of nitrogens with zero attached hydrogens (tertiary/aromatic N) is 4. The van der Waals surface area contributed by atoms with Crippen LogP contribution in [-0.4, -0.2) is 38.0 Å². The largest absolute Gasteiger partial charge is 0.352 e. The first-order valence-corrected chi connectivity index (χ1v) is 8.61. The van der Waals surface area contributed by atoms with Crippen LogP contribution in [0.1, 0.15) is 30.9 Å². The summed E-state index contributed by atoms with van der Waals surface area (Å²) in [5.74, 6) is -0.346. The molecule has 0 spiro atoms. The molecule has 0 radical (unpaired) electrons. The summed E-state index contributed by atoms with van der Waals surface area (Å²) in [6.07, 6.45) is 8.42. The fourth-order valence-corrected chi connectivity index (χ4v) is 2.99. The van der Waals surface area contributed by atoms with Crippen molar-refractivity contribution in [1.29, 1.82) is 0 Å². The highest BCUT2D eigenvalue weighted by atomic mass is 16.2. The van der Waals surface area contributed by atoms with Crippen LogP contribution in [0.25, 0.3) is 0 Å². The summed E-state index contributed by atoms with van der Waals surface area (Å²) in [5.41, 5.74) is 1.99. The predicted octanol–water partition coefficient (Wildman–Crippen LogP) is 1.35. The molecule has 1 aliphatic heterocycles. The number of likely N-dealkylation sites (tertiary alicyclic amines) is 1. The Morgan fingerprint density at radius 1 is 1.32 bits per heavy atom. The van der Waals surface area contributed by atoms with Gasteiger partial charge in [0, 0.05) is 56.8 Å². The molecule has 2 aromatic heterocycles. The fourth-order valence-electron chi connectivity index (χ4n) is 2.99. The van der Waals surface area contributed by atoms with E-state index in [1.54, 1.807) is 23.5 Å². The summed E-state index contributed by atoms with van der Waals surface area (Å²) in [6.45, 7) is 4.39. The smallest absolute Gasteiger partial charge is 0.225 e. The Kier molecular flexibility index (Phi) is 5.42. The van der Waals surface area contributed by atoms with Crippen LogP contribution in [0.5, 0.6) is 0 Å². The first kappa shape index (κ1) is 17.1. The maximum atomic E-state index is 12.4. The van der Waals surface area contributed by atoms with Crippen molar-refractivity contribution in [2.45, 2.75) is 39.4 Å². The fraction of sp³-hybridized carbons (Fsp3) is 0.444. The third-order valence-electron chi connectivity index (χ3n) is 4.31. The number of pyridine rings is 1. The monoisotopic (exact) mass is 341 g/mol. The normalized spacial score (nSPS) is 17.1. The van der Waals surface area contributed by atoms with E-state index in [9.17, 15) is 9.59 Å². The van der Waals surface area contributed by atoms with Gasteiger partial charge in [0.1, 0.15) is 0 Å². The van der Waals surface area contributed by atoms with Gasteiger partial charge in [0.05, 0.1) is 12.1 Å². The van der Waals surface area contributed by atoms with E-state index in [-0.39, 0.29) is 24.2 Å². The summed E-state index contributed by atoms with van der Waals surface area (Å²) in [7, 11) is 0. The molecule has 1 saturated heterocycles. The Morgan fingerprint density at radius 3 is 2.88 bits per heavy atom. The van der Waals surface area contributed by atoms with E-state index in [1.807, 2.05) is 23.0 Å². The van der Waals surface area contributed by atoms with Crippen LogP contribution in [-0.2, 0) is 29.2 Å². The summed E-state index contributed by atoms with van der Waals surface area (Å²) < 4.78 is 1.87. The van der Waals surface area contributed by atoms with Crippen LogP contribution in [0.15, 0.2) is 36.9 Å². The van der Waals surface area contributed by atoms with E-state index in [0.29, 0.717) is 19.6 Å². The van der Waals surface area contributed by atoms with Gasteiger partial charge in [-0.1, -0.05) is 6.92 Å². The number of aryl methyl sites for hydroxylation is 1. The molecule has 1 N–H and O–H groups in total. The molecule has 132 valence electrons. The Labute approximate surface area is 147 Å².